The first-order chi connectivity index (χ1) is 9.40. The minimum Gasteiger partial charge on any atom is -0.479 e. The molecule has 2 rings (SSSR count). The quantitative estimate of drug-likeness (QED) is 0.793. The van der Waals surface area contributed by atoms with Crippen LogP contribution in [-0.4, -0.2) is 24.3 Å². The molecule has 0 saturated carbocycles. The Morgan fingerprint density at radius 3 is 2.70 bits per heavy atom. The Labute approximate surface area is 119 Å². The van der Waals surface area contributed by atoms with Gasteiger partial charge in [0.05, 0.1) is 5.69 Å². The van der Waals surface area contributed by atoms with Gasteiger partial charge in [-0.25, -0.2) is 0 Å². The molecule has 0 aromatic heterocycles. The van der Waals surface area contributed by atoms with Gasteiger partial charge in [0.2, 0.25) is 0 Å². The van der Waals surface area contributed by atoms with Crippen molar-refractivity contribution in [3.63, 3.8) is 0 Å². The van der Waals surface area contributed by atoms with Gasteiger partial charge in [-0.2, -0.15) is 0 Å². The summed E-state index contributed by atoms with van der Waals surface area (Å²) in [5.41, 5.74) is 1.31. The maximum atomic E-state index is 12.3. The van der Waals surface area contributed by atoms with Crippen LogP contribution in [0.3, 0.4) is 0 Å². The number of nitrogens with zero attached hydrogens (tertiary/aromatic N) is 1. The molecule has 0 spiro atoms. The van der Waals surface area contributed by atoms with Crippen LogP contribution >= 0.6 is 0 Å². The first-order valence-electron chi connectivity index (χ1n) is 7.03. The van der Waals surface area contributed by atoms with E-state index >= 15 is 0 Å². The van der Waals surface area contributed by atoms with Crippen molar-refractivity contribution in [1.29, 1.82) is 0 Å². The van der Waals surface area contributed by atoms with E-state index in [1.165, 1.54) is 6.92 Å². The Hall–Kier alpha value is -1.84. The van der Waals surface area contributed by atoms with Crippen LogP contribution in [0.2, 0.25) is 0 Å². The molecule has 108 valence electrons. The number of ketones is 1. The van der Waals surface area contributed by atoms with Crippen LogP contribution < -0.4 is 9.64 Å². The van der Waals surface area contributed by atoms with Crippen LogP contribution in [-0.2, 0) is 4.79 Å². The predicted octanol–water partition coefficient (Wildman–Crippen LogP) is 3.05. The van der Waals surface area contributed by atoms with Crippen molar-refractivity contribution >= 4 is 17.4 Å². The largest absolute Gasteiger partial charge is 0.479 e. The number of Topliss-reactive ketones (excluding diaryl/α,β-unsaturated/α-hetero) is 1. The third-order valence-corrected chi connectivity index (χ3v) is 3.50. The molecule has 4 nitrogen and oxygen atoms in total. The molecule has 20 heavy (non-hydrogen) atoms. The zero-order valence-corrected chi connectivity index (χ0v) is 12.5. The van der Waals surface area contributed by atoms with Crippen LogP contribution in [0.15, 0.2) is 18.2 Å². The number of anilines is 1. The molecule has 1 unspecified atom stereocenters. The topological polar surface area (TPSA) is 46.6 Å². The second-order valence-electron chi connectivity index (χ2n) is 5.67. The summed E-state index contributed by atoms with van der Waals surface area (Å²) in [6, 6.07) is 5.27. The number of ether oxygens (including phenoxy) is 1. The number of carbonyl (C=O) groups excluding carboxylic acids is 2. The lowest BCUT2D eigenvalue weighted by atomic mass is 10.1. The number of rotatable bonds is 4. The summed E-state index contributed by atoms with van der Waals surface area (Å²) in [7, 11) is 0. The van der Waals surface area contributed by atoms with Crippen molar-refractivity contribution in [2.45, 2.75) is 40.2 Å². The summed E-state index contributed by atoms with van der Waals surface area (Å²) in [5.74, 6) is 1.13. The van der Waals surface area contributed by atoms with E-state index in [0.717, 1.165) is 6.42 Å². The Morgan fingerprint density at radius 1 is 1.40 bits per heavy atom. The Morgan fingerprint density at radius 2 is 2.10 bits per heavy atom. The molecule has 1 aliphatic rings. The number of carbonyl (C=O) groups is 2. The fourth-order valence-corrected chi connectivity index (χ4v) is 2.24. The van der Waals surface area contributed by atoms with E-state index in [1.807, 2.05) is 0 Å². The molecule has 0 fully saturated rings. The number of hydrogen-bond acceptors (Lipinski definition) is 3. The Balaban J connectivity index is 2.38. The van der Waals surface area contributed by atoms with E-state index < -0.39 is 6.10 Å². The van der Waals surface area contributed by atoms with E-state index in [-0.39, 0.29) is 11.7 Å². The van der Waals surface area contributed by atoms with E-state index in [2.05, 4.69) is 13.8 Å². The highest BCUT2D eigenvalue weighted by Gasteiger charge is 2.31. The summed E-state index contributed by atoms with van der Waals surface area (Å²) < 4.78 is 5.61. The number of hydrogen-bond donors (Lipinski definition) is 0. The maximum absolute atomic E-state index is 12.3. The number of amides is 1. The van der Waals surface area contributed by atoms with Gasteiger partial charge in [0.15, 0.2) is 11.9 Å². The number of fused-ring (bicyclic) bond motifs is 1. The standard InChI is InChI=1S/C16H21NO3/c1-10(2)7-8-17-14-9-13(11(3)18)5-6-15(14)20-12(4)16(17)19/h5-6,9-10,12H,7-8H2,1-4H3. The average Bonchev–Trinajstić information content (AvgIpc) is 2.38. The second-order valence-corrected chi connectivity index (χ2v) is 5.67. The van der Waals surface area contributed by atoms with Gasteiger partial charge in [0.25, 0.3) is 5.91 Å². The van der Waals surface area contributed by atoms with Gasteiger partial charge in [0, 0.05) is 12.1 Å². The van der Waals surface area contributed by atoms with Crippen molar-refractivity contribution in [3.05, 3.63) is 23.8 Å². The molecule has 1 aliphatic heterocycles. The summed E-state index contributed by atoms with van der Waals surface area (Å²) >= 11 is 0. The molecular weight excluding hydrogens is 254 g/mol. The van der Waals surface area contributed by atoms with E-state index in [4.69, 9.17) is 4.74 Å². The van der Waals surface area contributed by atoms with Gasteiger partial charge in [-0.3, -0.25) is 9.59 Å². The monoisotopic (exact) mass is 275 g/mol. The van der Waals surface area contributed by atoms with Crippen LogP contribution in [0.25, 0.3) is 0 Å². The molecule has 0 radical (unpaired) electrons. The third-order valence-electron chi connectivity index (χ3n) is 3.50. The summed E-state index contributed by atoms with van der Waals surface area (Å²) in [5, 5.41) is 0. The highest BCUT2D eigenvalue weighted by Crippen LogP contribution is 2.35. The zero-order valence-electron chi connectivity index (χ0n) is 12.5. The van der Waals surface area contributed by atoms with Gasteiger partial charge in [-0.1, -0.05) is 13.8 Å². The molecular formula is C16H21NO3. The molecule has 0 bridgehead atoms. The lowest BCUT2D eigenvalue weighted by Gasteiger charge is -2.33. The molecule has 1 heterocycles. The van der Waals surface area contributed by atoms with E-state index in [0.29, 0.717) is 29.5 Å². The van der Waals surface area contributed by atoms with E-state index in [1.54, 1.807) is 30.0 Å². The van der Waals surface area contributed by atoms with E-state index in [9.17, 15) is 9.59 Å². The molecule has 1 amide bonds. The van der Waals surface area contributed by atoms with Gasteiger partial charge in [0.1, 0.15) is 5.75 Å². The van der Waals surface area contributed by atoms with Gasteiger partial charge >= 0.3 is 0 Å². The fourth-order valence-electron chi connectivity index (χ4n) is 2.24. The SMILES string of the molecule is CC(=O)c1ccc2c(c1)N(CCC(C)C)C(=O)C(C)O2. The average molecular weight is 275 g/mol. The third kappa shape index (κ3) is 2.84. The van der Waals surface area contributed by atoms with Crippen LogP contribution in [0.4, 0.5) is 5.69 Å². The Kier molecular flexibility index (Phi) is 4.12. The van der Waals surface area contributed by atoms with Crippen molar-refractivity contribution < 1.29 is 14.3 Å². The molecule has 1 aromatic rings. The highest BCUT2D eigenvalue weighted by molar-refractivity contribution is 6.02. The molecule has 1 aromatic carbocycles. The van der Waals surface area contributed by atoms with Crippen molar-refractivity contribution in [2.75, 3.05) is 11.4 Å². The highest BCUT2D eigenvalue weighted by atomic mass is 16.5. The molecule has 0 aliphatic carbocycles. The van der Waals surface area contributed by atoms with Gasteiger partial charge in [-0.15, -0.1) is 0 Å². The zero-order chi connectivity index (χ0) is 14.9. The van der Waals surface area contributed by atoms with Gasteiger partial charge in [-0.05, 0) is 44.4 Å². The predicted molar refractivity (Wildman–Crippen MR) is 78.3 cm³/mol. The minimum atomic E-state index is -0.474. The van der Waals surface area contributed by atoms with Crippen LogP contribution in [0, 0.1) is 5.92 Å². The molecule has 1 atom stereocenters. The fraction of sp³-hybridized carbons (Fsp3) is 0.500. The molecule has 0 N–H and O–H groups in total. The smallest absolute Gasteiger partial charge is 0.267 e. The van der Waals surface area contributed by atoms with Crippen molar-refractivity contribution in [1.82, 2.24) is 0 Å². The summed E-state index contributed by atoms with van der Waals surface area (Å²) in [4.78, 5) is 25.5. The maximum Gasteiger partial charge on any atom is 0.267 e. The van der Waals surface area contributed by atoms with Crippen LogP contribution in [0.5, 0.6) is 5.75 Å². The first-order valence-corrected chi connectivity index (χ1v) is 7.03. The van der Waals surface area contributed by atoms with Crippen LogP contribution in [0.1, 0.15) is 44.5 Å². The van der Waals surface area contributed by atoms with Gasteiger partial charge < -0.3 is 9.64 Å². The lowest BCUT2D eigenvalue weighted by molar-refractivity contribution is -0.125. The van der Waals surface area contributed by atoms with Crippen molar-refractivity contribution in [2.24, 2.45) is 5.92 Å². The Bertz CT molecular complexity index is 537. The van der Waals surface area contributed by atoms with Crippen molar-refractivity contribution in [3.8, 4) is 5.75 Å². The normalized spacial score (nSPS) is 17.9. The minimum absolute atomic E-state index is 0.0114. The lowest BCUT2D eigenvalue weighted by Crippen LogP contribution is -2.45. The summed E-state index contributed by atoms with van der Waals surface area (Å²) in [6.45, 7) is 8.18. The molecule has 0 saturated heterocycles. The second kappa shape index (κ2) is 5.65. The molecule has 4 heteroatoms. The first kappa shape index (κ1) is 14.6. The summed E-state index contributed by atoms with van der Waals surface area (Å²) in [6.07, 6.45) is 0.445. The number of benzene rings is 1.